The van der Waals surface area contributed by atoms with Crippen molar-refractivity contribution in [2.75, 3.05) is 13.1 Å². The van der Waals surface area contributed by atoms with Crippen molar-refractivity contribution in [3.05, 3.63) is 28.7 Å². The zero-order chi connectivity index (χ0) is 8.39. The van der Waals surface area contributed by atoms with Crippen LogP contribution < -0.4 is 10.1 Å². The molecule has 1 aliphatic heterocycles. The van der Waals surface area contributed by atoms with Crippen LogP contribution >= 0.6 is 28.3 Å². The summed E-state index contributed by atoms with van der Waals surface area (Å²) >= 11 is 3.43. The van der Waals surface area contributed by atoms with Gasteiger partial charge in [-0.05, 0) is 28.1 Å². The van der Waals surface area contributed by atoms with Crippen LogP contribution in [0.2, 0.25) is 0 Å². The summed E-state index contributed by atoms with van der Waals surface area (Å²) in [5.74, 6) is 0.934. The Morgan fingerprint density at radius 3 is 2.54 bits per heavy atom. The van der Waals surface area contributed by atoms with Gasteiger partial charge in [-0.25, -0.2) is 0 Å². The summed E-state index contributed by atoms with van der Waals surface area (Å²) in [4.78, 5) is 0. The van der Waals surface area contributed by atoms with E-state index in [-0.39, 0.29) is 12.4 Å². The molecule has 0 saturated carbocycles. The zero-order valence-electron chi connectivity index (χ0n) is 7.00. The largest absolute Gasteiger partial charge is 0.487 e. The van der Waals surface area contributed by atoms with Gasteiger partial charge < -0.3 is 10.1 Å². The summed E-state index contributed by atoms with van der Waals surface area (Å²) in [7, 11) is 0. The highest BCUT2D eigenvalue weighted by Crippen LogP contribution is 2.25. The third-order valence-electron chi connectivity index (χ3n) is 1.87. The van der Waals surface area contributed by atoms with Crippen molar-refractivity contribution in [1.82, 2.24) is 5.32 Å². The van der Waals surface area contributed by atoms with E-state index in [0.717, 1.165) is 23.3 Å². The summed E-state index contributed by atoms with van der Waals surface area (Å²) in [5.41, 5.74) is 0. The number of ether oxygens (including phenoxy) is 1. The second-order valence-electron chi connectivity index (χ2n) is 2.83. The molecule has 0 unspecified atom stereocenters. The molecule has 2 rings (SSSR count). The second-order valence-corrected chi connectivity index (χ2v) is 3.68. The predicted molar refractivity (Wildman–Crippen MR) is 58.7 cm³/mol. The summed E-state index contributed by atoms with van der Waals surface area (Å²) in [6.45, 7) is 1.92. The second kappa shape index (κ2) is 4.84. The summed E-state index contributed by atoms with van der Waals surface area (Å²) in [6, 6.07) is 7.92. The fraction of sp³-hybridized carbons (Fsp3) is 0.333. The Morgan fingerprint density at radius 1 is 1.31 bits per heavy atom. The molecule has 1 N–H and O–H groups in total. The van der Waals surface area contributed by atoms with Crippen LogP contribution in [-0.2, 0) is 0 Å². The average Bonchev–Trinajstić information content (AvgIpc) is 2.00. The van der Waals surface area contributed by atoms with Crippen LogP contribution in [0.4, 0.5) is 0 Å². The van der Waals surface area contributed by atoms with E-state index in [0.29, 0.717) is 6.10 Å². The van der Waals surface area contributed by atoms with Gasteiger partial charge in [-0.2, -0.15) is 0 Å². The Hall–Kier alpha value is -0.250. The molecule has 1 aliphatic rings. The molecule has 1 heterocycles. The summed E-state index contributed by atoms with van der Waals surface area (Å²) in [5, 5.41) is 3.16. The van der Waals surface area contributed by atoms with E-state index in [9.17, 15) is 0 Å². The number of hydrogen-bond donors (Lipinski definition) is 1. The van der Waals surface area contributed by atoms with Gasteiger partial charge in [0.15, 0.2) is 0 Å². The summed E-state index contributed by atoms with van der Waals surface area (Å²) < 4.78 is 6.70. The van der Waals surface area contributed by atoms with Gasteiger partial charge in [-0.15, -0.1) is 12.4 Å². The molecule has 1 saturated heterocycles. The van der Waals surface area contributed by atoms with Crippen LogP contribution in [0.1, 0.15) is 0 Å². The Bertz CT molecular complexity index is 278. The molecule has 1 fully saturated rings. The maximum Gasteiger partial charge on any atom is 0.134 e. The van der Waals surface area contributed by atoms with Crippen molar-refractivity contribution >= 4 is 28.3 Å². The molecular weight excluding hydrogens is 253 g/mol. The minimum Gasteiger partial charge on any atom is -0.487 e. The number of para-hydroxylation sites is 1. The highest BCUT2D eigenvalue weighted by molar-refractivity contribution is 9.10. The number of rotatable bonds is 2. The average molecular weight is 265 g/mol. The van der Waals surface area contributed by atoms with Crippen molar-refractivity contribution < 1.29 is 4.74 Å². The van der Waals surface area contributed by atoms with E-state index in [2.05, 4.69) is 21.2 Å². The molecule has 13 heavy (non-hydrogen) atoms. The predicted octanol–water partition coefficient (Wildman–Crippen LogP) is 2.22. The van der Waals surface area contributed by atoms with Crippen LogP contribution in [0.3, 0.4) is 0 Å². The van der Waals surface area contributed by atoms with Crippen LogP contribution in [0.25, 0.3) is 0 Å². The van der Waals surface area contributed by atoms with E-state index in [4.69, 9.17) is 4.74 Å². The number of hydrogen-bond acceptors (Lipinski definition) is 2. The van der Waals surface area contributed by atoms with E-state index < -0.39 is 0 Å². The Labute approximate surface area is 92.2 Å². The first-order valence-corrected chi connectivity index (χ1v) is 4.77. The van der Waals surface area contributed by atoms with Gasteiger partial charge >= 0.3 is 0 Å². The van der Waals surface area contributed by atoms with Gasteiger partial charge in [0, 0.05) is 13.1 Å². The molecule has 72 valence electrons. The molecule has 0 radical (unpaired) electrons. The third-order valence-corrected chi connectivity index (χ3v) is 2.53. The van der Waals surface area contributed by atoms with Crippen LogP contribution in [0.15, 0.2) is 28.7 Å². The quantitative estimate of drug-likeness (QED) is 0.884. The molecule has 0 aromatic heterocycles. The van der Waals surface area contributed by atoms with Crippen molar-refractivity contribution in [3.63, 3.8) is 0 Å². The molecule has 4 heteroatoms. The Kier molecular flexibility index (Phi) is 4.03. The lowest BCUT2D eigenvalue weighted by Crippen LogP contribution is -2.50. The monoisotopic (exact) mass is 263 g/mol. The van der Waals surface area contributed by atoms with Gasteiger partial charge in [-0.1, -0.05) is 12.1 Å². The number of halogens is 2. The molecule has 0 atom stereocenters. The van der Waals surface area contributed by atoms with E-state index in [1.165, 1.54) is 0 Å². The molecule has 0 bridgehead atoms. The van der Waals surface area contributed by atoms with Crippen LogP contribution in [0.5, 0.6) is 5.75 Å². The topological polar surface area (TPSA) is 21.3 Å². The summed E-state index contributed by atoms with van der Waals surface area (Å²) in [6.07, 6.45) is 0.351. The van der Waals surface area contributed by atoms with Crippen molar-refractivity contribution in [3.8, 4) is 5.75 Å². The first-order chi connectivity index (χ1) is 5.86. The number of benzene rings is 1. The Balaban J connectivity index is 0.000000845. The van der Waals surface area contributed by atoms with Gasteiger partial charge in [-0.3, -0.25) is 0 Å². The van der Waals surface area contributed by atoms with Crippen LogP contribution in [-0.4, -0.2) is 19.2 Å². The standard InChI is InChI=1S/C9H10BrNO.ClH/c10-8-3-1-2-4-9(8)12-7-5-11-6-7;/h1-4,7,11H,5-6H2;1H. The molecular formula is C9H11BrClNO. The lowest BCUT2D eigenvalue weighted by molar-refractivity contribution is 0.141. The van der Waals surface area contributed by atoms with Gasteiger partial charge in [0.2, 0.25) is 0 Å². The highest BCUT2D eigenvalue weighted by atomic mass is 79.9. The first-order valence-electron chi connectivity index (χ1n) is 3.98. The van der Waals surface area contributed by atoms with Crippen LogP contribution in [0, 0.1) is 0 Å². The minimum absolute atomic E-state index is 0. The van der Waals surface area contributed by atoms with Crippen molar-refractivity contribution in [2.45, 2.75) is 6.10 Å². The highest BCUT2D eigenvalue weighted by Gasteiger charge is 2.18. The van der Waals surface area contributed by atoms with Gasteiger partial charge in [0.25, 0.3) is 0 Å². The smallest absolute Gasteiger partial charge is 0.134 e. The lowest BCUT2D eigenvalue weighted by atomic mass is 10.2. The van der Waals surface area contributed by atoms with Gasteiger partial charge in [0.1, 0.15) is 11.9 Å². The van der Waals surface area contributed by atoms with Crippen molar-refractivity contribution in [2.24, 2.45) is 0 Å². The van der Waals surface area contributed by atoms with E-state index in [1.807, 2.05) is 24.3 Å². The molecule has 0 spiro atoms. The fourth-order valence-electron chi connectivity index (χ4n) is 1.07. The fourth-order valence-corrected chi connectivity index (χ4v) is 1.44. The first kappa shape index (κ1) is 10.8. The van der Waals surface area contributed by atoms with Crippen molar-refractivity contribution in [1.29, 1.82) is 0 Å². The minimum atomic E-state index is 0. The molecule has 0 aliphatic carbocycles. The maximum absolute atomic E-state index is 5.67. The Morgan fingerprint density at radius 2 is 2.00 bits per heavy atom. The molecule has 0 amide bonds. The molecule has 1 aromatic carbocycles. The lowest BCUT2D eigenvalue weighted by Gasteiger charge is -2.28. The molecule has 1 aromatic rings. The maximum atomic E-state index is 5.67. The van der Waals surface area contributed by atoms with Gasteiger partial charge in [0.05, 0.1) is 4.47 Å². The molecule has 2 nitrogen and oxygen atoms in total. The SMILES string of the molecule is Brc1ccccc1OC1CNC1.Cl. The number of nitrogens with one attached hydrogen (secondary N) is 1. The normalized spacial score (nSPS) is 15.8. The zero-order valence-corrected chi connectivity index (χ0v) is 9.40. The van der Waals surface area contributed by atoms with E-state index >= 15 is 0 Å². The van der Waals surface area contributed by atoms with E-state index in [1.54, 1.807) is 0 Å². The third kappa shape index (κ3) is 2.59.